The predicted molar refractivity (Wildman–Crippen MR) is 219 cm³/mol. The van der Waals surface area contributed by atoms with Gasteiger partial charge in [0.25, 0.3) is 0 Å². The highest BCUT2D eigenvalue weighted by atomic mass is 15.2. The first-order valence-electron chi connectivity index (χ1n) is 19.3. The Hall–Kier alpha value is -5.37. The highest BCUT2D eigenvalue weighted by Crippen LogP contribution is 2.65. The maximum Gasteiger partial charge on any atom is 0.316 e. The first-order chi connectivity index (χ1) is 25.5. The zero-order valence-corrected chi connectivity index (χ0v) is 30.4. The van der Waals surface area contributed by atoms with Crippen LogP contribution in [0.2, 0.25) is 0 Å². The van der Waals surface area contributed by atoms with Crippen molar-refractivity contribution in [2.24, 2.45) is 23.2 Å². The molecule has 0 spiro atoms. The summed E-state index contributed by atoms with van der Waals surface area (Å²) in [5, 5.41) is 3.47. The minimum Gasteiger partial charge on any atom is -0.390 e. The number of rotatable bonds is 4. The Labute approximate surface area is 308 Å². The number of hydrogen-bond acceptors (Lipinski definition) is 2. The first-order valence-corrected chi connectivity index (χ1v) is 19.3. The Morgan fingerprint density at radius 2 is 1.69 bits per heavy atom. The van der Waals surface area contributed by atoms with Crippen molar-refractivity contribution in [2.75, 3.05) is 11.4 Å². The van der Waals surface area contributed by atoms with Crippen molar-refractivity contribution < 1.29 is 0 Å². The van der Waals surface area contributed by atoms with Crippen LogP contribution in [0.3, 0.4) is 0 Å². The van der Waals surface area contributed by atoms with E-state index >= 15 is 0 Å². The third kappa shape index (κ3) is 4.42. The van der Waals surface area contributed by atoms with Crippen molar-refractivity contribution in [3.63, 3.8) is 0 Å². The molecule has 256 valence electrons. The molecule has 10 rings (SSSR count). The lowest BCUT2D eigenvalue weighted by atomic mass is 9.52. The van der Waals surface area contributed by atoms with Gasteiger partial charge in [0.2, 0.25) is 0 Å². The molecular weight excluding hydrogens is 631 g/mol. The van der Waals surface area contributed by atoms with Gasteiger partial charge in [-0.15, -0.1) is 0 Å². The smallest absolute Gasteiger partial charge is 0.316 e. The average Bonchev–Trinajstić information content (AvgIpc) is 3.75. The number of fused-ring (bicyclic) bond motifs is 7. The van der Waals surface area contributed by atoms with Gasteiger partial charge in [-0.25, -0.2) is 0 Å². The number of nitrogens with one attached hydrogen (secondary N) is 1. The van der Waals surface area contributed by atoms with E-state index < -0.39 is 0 Å². The van der Waals surface area contributed by atoms with Gasteiger partial charge in [0.15, 0.2) is 0 Å². The monoisotopic (exact) mass is 676 g/mol. The van der Waals surface area contributed by atoms with Gasteiger partial charge < -0.3 is 10.2 Å². The molecule has 3 heterocycles. The van der Waals surface area contributed by atoms with Crippen LogP contribution in [-0.2, 0) is 5.41 Å². The number of nitrogens with zero attached hydrogens (tertiary/aromatic N) is 2. The minimum atomic E-state index is -0.305. The molecule has 0 aromatic heterocycles. The van der Waals surface area contributed by atoms with E-state index in [4.69, 9.17) is 4.67 Å². The summed E-state index contributed by atoms with van der Waals surface area (Å²) in [6, 6.07) is 23.6. The van der Waals surface area contributed by atoms with Crippen molar-refractivity contribution in [3.8, 4) is 22.3 Å². The van der Waals surface area contributed by atoms with Crippen LogP contribution >= 0.6 is 0 Å². The van der Waals surface area contributed by atoms with Crippen LogP contribution in [0, 0.1) is 23.2 Å². The summed E-state index contributed by atoms with van der Waals surface area (Å²) in [6.45, 7) is 8.06. The molecule has 5 unspecified atom stereocenters. The van der Waals surface area contributed by atoms with Crippen molar-refractivity contribution in [1.29, 1.82) is 0 Å². The van der Waals surface area contributed by atoms with Gasteiger partial charge in [0, 0.05) is 23.2 Å². The number of benzene rings is 3. The lowest BCUT2D eigenvalue weighted by Crippen LogP contribution is -2.44. The molecule has 0 radical (unpaired) electrons. The van der Waals surface area contributed by atoms with E-state index in [1.165, 1.54) is 61.5 Å². The van der Waals surface area contributed by atoms with E-state index in [1.807, 2.05) is 0 Å². The second-order valence-electron chi connectivity index (χ2n) is 16.0. The number of anilines is 1. The minimum absolute atomic E-state index is 0.141. The fourth-order valence-corrected chi connectivity index (χ4v) is 10.5. The van der Waals surface area contributed by atoms with Crippen LogP contribution in [-0.4, -0.2) is 18.5 Å². The van der Waals surface area contributed by atoms with Crippen LogP contribution in [0.4, 0.5) is 5.69 Å². The van der Waals surface area contributed by atoms with E-state index in [0.29, 0.717) is 17.8 Å². The quantitative estimate of drug-likeness (QED) is 0.279. The van der Waals surface area contributed by atoms with Crippen molar-refractivity contribution in [2.45, 2.75) is 51.9 Å². The Kier molecular flexibility index (Phi) is 7.14. The molecule has 5 atom stereocenters. The molecule has 7 aliphatic rings. The molecule has 0 saturated carbocycles. The Morgan fingerprint density at radius 1 is 0.846 bits per heavy atom. The summed E-state index contributed by atoms with van der Waals surface area (Å²) in [5.41, 5.74) is 16.8. The molecule has 52 heavy (non-hydrogen) atoms. The average molecular weight is 677 g/mol. The van der Waals surface area contributed by atoms with E-state index in [-0.39, 0.29) is 10.8 Å². The molecule has 3 heteroatoms. The van der Waals surface area contributed by atoms with E-state index in [1.54, 1.807) is 0 Å². The maximum absolute atomic E-state index is 5.14. The summed E-state index contributed by atoms with van der Waals surface area (Å²) >= 11 is 0. The Balaban J connectivity index is 1.27. The second-order valence-corrected chi connectivity index (χ2v) is 16.0. The molecule has 3 aliphatic heterocycles. The molecule has 3 aromatic rings. The largest absolute Gasteiger partial charge is 0.390 e. The number of allylic oxidation sites excluding steroid dienone is 14. The second kappa shape index (κ2) is 11.8. The van der Waals surface area contributed by atoms with Crippen molar-refractivity contribution >= 4 is 23.2 Å². The van der Waals surface area contributed by atoms with Crippen LogP contribution in [0.25, 0.3) is 27.8 Å². The van der Waals surface area contributed by atoms with Crippen LogP contribution in [0.5, 0.6) is 0 Å². The van der Waals surface area contributed by atoms with Gasteiger partial charge in [0.05, 0.1) is 23.1 Å². The highest BCUT2D eigenvalue weighted by Gasteiger charge is 2.56. The lowest BCUT2D eigenvalue weighted by molar-refractivity contribution is 0.281. The molecule has 0 amide bonds. The van der Waals surface area contributed by atoms with Gasteiger partial charge in [-0.3, -0.25) is 0 Å². The van der Waals surface area contributed by atoms with Crippen molar-refractivity contribution in [1.82, 2.24) is 9.98 Å². The normalized spacial score (nSPS) is 29.0. The zero-order valence-electron chi connectivity index (χ0n) is 30.4. The fourth-order valence-electron chi connectivity index (χ4n) is 10.5. The molecule has 1 N–H and O–H groups in total. The van der Waals surface area contributed by atoms with E-state index in [0.717, 1.165) is 43.6 Å². The highest BCUT2D eigenvalue weighted by molar-refractivity contribution is 6.11. The zero-order chi connectivity index (χ0) is 35.0. The van der Waals surface area contributed by atoms with Crippen LogP contribution in [0.1, 0.15) is 63.1 Å². The molecule has 0 saturated heterocycles. The molecule has 3 aromatic carbocycles. The third-order valence-electron chi connectivity index (χ3n) is 13.0. The van der Waals surface area contributed by atoms with Gasteiger partial charge in [-0.05, 0) is 101 Å². The molecule has 0 fully saturated rings. The van der Waals surface area contributed by atoms with Crippen LogP contribution < -0.4 is 14.9 Å². The topological polar surface area (TPSA) is 29.4 Å². The summed E-state index contributed by atoms with van der Waals surface area (Å²) in [7, 11) is 0. The molecular formula is C49H46N3+. The predicted octanol–water partition coefficient (Wildman–Crippen LogP) is 10.4. The lowest BCUT2D eigenvalue weighted by Gasteiger charge is -2.49. The van der Waals surface area contributed by atoms with Gasteiger partial charge in [0.1, 0.15) is 5.70 Å². The SMILES string of the molecule is CC1C=CC2=C(C1)c1ccccc1-c1cc3c(cc1N2C1=CC(C2CNC=CC2C)=[N+]=C1)-c1ccccc1C3(C1=CC=CCC1)C1(C)C=CC=CC1. The summed E-state index contributed by atoms with van der Waals surface area (Å²) in [6.07, 6.45) is 34.2. The fraction of sp³-hybridized carbons (Fsp3) is 0.265. The Bertz CT molecular complexity index is 2360. The van der Waals surface area contributed by atoms with Crippen LogP contribution in [0.15, 0.2) is 151 Å². The Morgan fingerprint density at radius 3 is 2.50 bits per heavy atom. The third-order valence-corrected chi connectivity index (χ3v) is 13.0. The van der Waals surface area contributed by atoms with Gasteiger partial charge in [-0.1, -0.05) is 134 Å². The van der Waals surface area contributed by atoms with E-state index in [9.17, 15) is 0 Å². The van der Waals surface area contributed by atoms with Gasteiger partial charge in [-0.2, -0.15) is 0 Å². The molecule has 4 aliphatic carbocycles. The standard InChI is InChI=1S/C49H46N3/c1-32-20-21-46-40(26-32)36-16-8-9-17-37(36)41-28-44-39(29-47(41)52(46)35-27-45(51-30-35)42-31-50-25-22-33(42)2)38-18-10-11-19-43(38)49(44,34-14-6-4-7-15-34)48(3)23-12-5-13-24-48/h4-6,8-14,16-23,25,27-30,32-33,42,50H,7,15,24,26,31H2,1-3H3/q+1. The molecule has 0 bridgehead atoms. The summed E-state index contributed by atoms with van der Waals surface area (Å²) in [5.74, 6) is 1.23. The summed E-state index contributed by atoms with van der Waals surface area (Å²) < 4.78 is 5.14. The first kappa shape index (κ1) is 31.4. The summed E-state index contributed by atoms with van der Waals surface area (Å²) in [4.78, 5) is 2.55. The maximum atomic E-state index is 5.14. The van der Waals surface area contributed by atoms with Crippen molar-refractivity contribution in [3.05, 3.63) is 167 Å². The molecule has 3 nitrogen and oxygen atoms in total. The number of hydrogen-bond donors (Lipinski definition) is 1. The van der Waals surface area contributed by atoms with Gasteiger partial charge >= 0.3 is 11.9 Å². The van der Waals surface area contributed by atoms with E-state index in [2.05, 4.69) is 171 Å².